The molecule has 1 fully saturated rings. The van der Waals surface area contributed by atoms with Gasteiger partial charge in [0.05, 0.1) is 11.8 Å². The Morgan fingerprint density at radius 3 is 2.45 bits per heavy atom. The predicted octanol–water partition coefficient (Wildman–Crippen LogP) is 2.79. The van der Waals surface area contributed by atoms with Gasteiger partial charge in [-0.1, -0.05) is 0 Å². The number of carbonyl (C=O) groups is 1. The maximum Gasteiger partial charge on any atom is 0.255 e. The van der Waals surface area contributed by atoms with E-state index >= 15 is 0 Å². The third-order valence-electron chi connectivity index (χ3n) is 5.25. The van der Waals surface area contributed by atoms with Crippen molar-refractivity contribution in [1.29, 1.82) is 0 Å². The lowest BCUT2D eigenvalue weighted by molar-refractivity contribution is 0.0964. The summed E-state index contributed by atoms with van der Waals surface area (Å²) in [5.74, 6) is -0.144. The van der Waals surface area contributed by atoms with E-state index in [1.165, 1.54) is 31.4 Å². The van der Waals surface area contributed by atoms with Crippen molar-refractivity contribution in [3.05, 3.63) is 53.3 Å². The maximum absolute atomic E-state index is 13.4. The van der Waals surface area contributed by atoms with E-state index in [1.54, 1.807) is 18.2 Å². The Bertz CT molecular complexity index is 1220. The lowest BCUT2D eigenvalue weighted by Gasteiger charge is -2.21. The highest BCUT2D eigenvalue weighted by atomic mass is 32.2. The van der Waals surface area contributed by atoms with Gasteiger partial charge in [0, 0.05) is 29.8 Å². The summed E-state index contributed by atoms with van der Waals surface area (Å²) in [4.78, 5) is 12.7. The van der Waals surface area contributed by atoms with Crippen LogP contribution in [0.3, 0.4) is 0 Å². The Labute approximate surface area is 169 Å². The molecule has 0 bridgehead atoms. The monoisotopic (exact) mass is 414 g/mol. The van der Waals surface area contributed by atoms with Gasteiger partial charge in [-0.3, -0.25) is 4.79 Å². The number of fused-ring (bicyclic) bond motifs is 1. The largest absolute Gasteiger partial charge is 0.455 e. The zero-order chi connectivity index (χ0) is 20.9. The molecular formula is C20H20BFN2O4S. The number of furan rings is 1. The highest BCUT2D eigenvalue weighted by Gasteiger charge is 2.31. The number of sulfonamides is 1. The Kier molecular flexibility index (Phi) is 4.65. The van der Waals surface area contributed by atoms with Gasteiger partial charge in [-0.05, 0) is 54.7 Å². The SMILES string of the molecule is BN(c1cc2oc(-c3ccc(F)cc3)c(C(=O)NC)c2cc1C1CC1)S(C)(=O)=O. The molecule has 1 N–H and O–H groups in total. The molecule has 0 spiro atoms. The number of benzene rings is 2. The van der Waals surface area contributed by atoms with Crippen molar-refractivity contribution >= 4 is 40.6 Å². The highest BCUT2D eigenvalue weighted by Crippen LogP contribution is 2.47. The van der Waals surface area contributed by atoms with E-state index in [1.807, 2.05) is 6.07 Å². The van der Waals surface area contributed by atoms with Crippen LogP contribution < -0.4 is 9.53 Å². The molecule has 3 aromatic rings. The molecule has 9 heteroatoms. The van der Waals surface area contributed by atoms with Crippen LogP contribution in [0.5, 0.6) is 0 Å². The molecule has 2 aromatic carbocycles. The van der Waals surface area contributed by atoms with E-state index in [0.717, 1.165) is 24.7 Å². The summed E-state index contributed by atoms with van der Waals surface area (Å²) in [6, 6.07) is 9.22. The minimum absolute atomic E-state index is 0.250. The van der Waals surface area contributed by atoms with Crippen molar-refractivity contribution in [2.75, 3.05) is 17.5 Å². The summed E-state index contributed by atoms with van der Waals surface area (Å²) in [5, 5.41) is 3.24. The lowest BCUT2D eigenvalue weighted by atomic mass is 10.00. The van der Waals surface area contributed by atoms with E-state index in [-0.39, 0.29) is 17.6 Å². The van der Waals surface area contributed by atoms with E-state index in [2.05, 4.69) is 5.32 Å². The van der Waals surface area contributed by atoms with Gasteiger partial charge >= 0.3 is 0 Å². The van der Waals surface area contributed by atoms with Gasteiger partial charge in [0.1, 0.15) is 17.2 Å². The molecule has 0 atom stereocenters. The number of anilines is 1. The van der Waals surface area contributed by atoms with Crippen LogP contribution in [0, 0.1) is 5.82 Å². The van der Waals surface area contributed by atoms with Crippen molar-refractivity contribution < 1.29 is 22.0 Å². The Hall–Kier alpha value is -2.81. The van der Waals surface area contributed by atoms with E-state index in [4.69, 9.17) is 4.42 Å². The molecule has 0 unspecified atom stereocenters. The van der Waals surface area contributed by atoms with Crippen LogP contribution in [0.15, 0.2) is 40.8 Å². The van der Waals surface area contributed by atoms with Gasteiger partial charge in [0.25, 0.3) is 5.91 Å². The number of rotatable bonds is 5. The maximum atomic E-state index is 13.4. The zero-order valence-electron chi connectivity index (χ0n) is 16.3. The highest BCUT2D eigenvalue weighted by molar-refractivity contribution is 7.93. The average molecular weight is 414 g/mol. The van der Waals surface area contributed by atoms with E-state index in [9.17, 15) is 17.6 Å². The van der Waals surface area contributed by atoms with Crippen molar-refractivity contribution in [1.82, 2.24) is 5.32 Å². The fourth-order valence-corrected chi connectivity index (χ4v) is 3.99. The summed E-state index contributed by atoms with van der Waals surface area (Å²) >= 11 is 0. The first-order chi connectivity index (χ1) is 13.7. The zero-order valence-corrected chi connectivity index (χ0v) is 17.1. The van der Waals surface area contributed by atoms with Gasteiger partial charge in [0.15, 0.2) is 0 Å². The van der Waals surface area contributed by atoms with E-state index in [0.29, 0.717) is 33.5 Å². The molecule has 1 amide bonds. The molecule has 1 aliphatic carbocycles. The van der Waals surface area contributed by atoms with Gasteiger partial charge in [-0.15, -0.1) is 0 Å². The smallest absolute Gasteiger partial charge is 0.255 e. The molecule has 1 aromatic heterocycles. The molecule has 0 aliphatic heterocycles. The second-order valence-corrected chi connectivity index (χ2v) is 9.32. The second-order valence-electron chi connectivity index (χ2n) is 7.30. The summed E-state index contributed by atoms with van der Waals surface area (Å²) < 4.78 is 44.9. The number of halogens is 1. The first-order valence-corrected chi connectivity index (χ1v) is 11.1. The van der Waals surface area contributed by atoms with Gasteiger partial charge in [-0.25, -0.2) is 12.8 Å². The Balaban J connectivity index is 2.00. The standard InChI is InChI=1S/C20H20BFN2O4S/c1-23-20(25)18-15-9-14(11-3-4-11)16(24(21)29(2,26)27)10-17(15)28-19(18)12-5-7-13(22)8-6-12/h5-11H,3-4,21H2,1-2H3,(H,23,25). The fourth-order valence-electron chi connectivity index (χ4n) is 3.48. The third kappa shape index (κ3) is 3.50. The number of amides is 1. The number of nitrogens with one attached hydrogen (secondary N) is 1. The van der Waals surface area contributed by atoms with Crippen molar-refractivity contribution in [2.24, 2.45) is 0 Å². The minimum atomic E-state index is -3.46. The van der Waals surface area contributed by atoms with Crippen LogP contribution in [0.1, 0.15) is 34.7 Å². The number of hydrogen-bond acceptors (Lipinski definition) is 4. The lowest BCUT2D eigenvalue weighted by Crippen LogP contribution is -2.27. The van der Waals surface area contributed by atoms with E-state index < -0.39 is 10.0 Å². The van der Waals surface area contributed by atoms with Crippen LogP contribution in [0.2, 0.25) is 0 Å². The number of nitrogens with zero attached hydrogens (tertiary/aromatic N) is 1. The molecule has 150 valence electrons. The van der Waals surface area contributed by atoms with Crippen LogP contribution >= 0.6 is 0 Å². The van der Waals surface area contributed by atoms with Crippen molar-refractivity contribution in [3.63, 3.8) is 0 Å². The van der Waals surface area contributed by atoms with Gasteiger partial charge in [-0.2, -0.15) is 0 Å². The molecule has 4 rings (SSSR count). The van der Waals surface area contributed by atoms with Crippen molar-refractivity contribution in [3.8, 4) is 11.3 Å². The molecule has 1 aliphatic rings. The topological polar surface area (TPSA) is 79.6 Å². The van der Waals surface area contributed by atoms with Crippen LogP contribution in [0.4, 0.5) is 10.1 Å². The predicted molar refractivity (Wildman–Crippen MR) is 113 cm³/mol. The molecular weight excluding hydrogens is 394 g/mol. The normalized spacial score (nSPS) is 14.2. The van der Waals surface area contributed by atoms with Gasteiger partial charge in [0.2, 0.25) is 18.0 Å². The number of carbonyl (C=O) groups excluding carboxylic acids is 1. The quantitative estimate of drug-likeness (QED) is 0.652. The summed E-state index contributed by atoms with van der Waals surface area (Å²) in [6.07, 6.45) is 3.08. The van der Waals surface area contributed by atoms with Crippen LogP contribution in [-0.4, -0.2) is 35.6 Å². The molecule has 29 heavy (non-hydrogen) atoms. The first-order valence-electron chi connectivity index (χ1n) is 9.23. The first kappa shape index (κ1) is 19.5. The van der Waals surface area contributed by atoms with Crippen molar-refractivity contribution in [2.45, 2.75) is 18.8 Å². The Morgan fingerprint density at radius 2 is 1.90 bits per heavy atom. The Morgan fingerprint density at radius 1 is 1.24 bits per heavy atom. The second kappa shape index (κ2) is 6.91. The molecule has 6 nitrogen and oxygen atoms in total. The molecule has 0 radical (unpaired) electrons. The summed E-state index contributed by atoms with van der Waals surface area (Å²) in [7, 11) is -0.427. The molecule has 0 saturated heterocycles. The average Bonchev–Trinajstić information content (AvgIpc) is 3.46. The minimum Gasteiger partial charge on any atom is -0.455 e. The molecule has 1 heterocycles. The molecule has 1 saturated carbocycles. The number of hydrogen-bond donors (Lipinski definition) is 1. The summed E-state index contributed by atoms with van der Waals surface area (Å²) in [6.45, 7) is 0. The summed E-state index contributed by atoms with van der Waals surface area (Å²) in [5.41, 5.74) is 2.74. The van der Waals surface area contributed by atoms with Crippen LogP contribution in [0.25, 0.3) is 22.3 Å². The van der Waals surface area contributed by atoms with Gasteiger partial charge < -0.3 is 14.0 Å². The van der Waals surface area contributed by atoms with Crippen LogP contribution in [-0.2, 0) is 10.0 Å². The fraction of sp³-hybridized carbons (Fsp3) is 0.250. The third-order valence-corrected chi connectivity index (χ3v) is 6.44.